The SMILES string of the molecule is CNc1nc(F)c(CN2CCCC3(COc4ccccc43)C2)s1. The van der Waals surface area contributed by atoms with Crippen LogP contribution < -0.4 is 10.1 Å². The van der Waals surface area contributed by atoms with Crippen LogP contribution in [0.15, 0.2) is 24.3 Å². The normalized spacial score (nSPS) is 23.7. The van der Waals surface area contributed by atoms with Crippen LogP contribution in [-0.2, 0) is 12.0 Å². The molecule has 0 aliphatic carbocycles. The molecule has 1 spiro atoms. The maximum absolute atomic E-state index is 14.0. The Labute approximate surface area is 139 Å². The minimum absolute atomic E-state index is 0.0574. The summed E-state index contributed by atoms with van der Waals surface area (Å²) in [5.74, 6) is 0.665. The number of fused-ring (bicyclic) bond motifs is 2. The molecule has 0 amide bonds. The second kappa shape index (κ2) is 5.76. The molecule has 1 aromatic heterocycles. The molecule has 1 atom stereocenters. The highest BCUT2D eigenvalue weighted by Gasteiger charge is 2.43. The van der Waals surface area contributed by atoms with Gasteiger partial charge in [-0.25, -0.2) is 0 Å². The van der Waals surface area contributed by atoms with E-state index >= 15 is 0 Å². The molecule has 0 saturated carbocycles. The third-order valence-electron chi connectivity index (χ3n) is 4.85. The molecule has 1 N–H and O–H groups in total. The van der Waals surface area contributed by atoms with E-state index in [2.05, 4.69) is 27.3 Å². The second-order valence-corrected chi connectivity index (χ2v) is 7.45. The molecular weight excluding hydrogens is 313 g/mol. The first-order valence-corrected chi connectivity index (χ1v) is 8.79. The highest BCUT2D eigenvalue weighted by atomic mass is 32.1. The zero-order chi connectivity index (χ0) is 15.9. The summed E-state index contributed by atoms with van der Waals surface area (Å²) in [5, 5.41) is 3.55. The van der Waals surface area contributed by atoms with Gasteiger partial charge in [0.15, 0.2) is 5.13 Å². The van der Waals surface area contributed by atoms with Crippen LogP contribution in [0.3, 0.4) is 0 Å². The number of rotatable bonds is 3. The molecule has 2 aliphatic rings. The fourth-order valence-corrected chi connectivity index (χ4v) is 4.60. The van der Waals surface area contributed by atoms with Gasteiger partial charge in [-0.05, 0) is 25.5 Å². The van der Waals surface area contributed by atoms with Gasteiger partial charge < -0.3 is 10.1 Å². The number of halogens is 1. The summed E-state index contributed by atoms with van der Waals surface area (Å²) in [6, 6.07) is 8.32. The lowest BCUT2D eigenvalue weighted by Crippen LogP contribution is -2.46. The Hall–Kier alpha value is -1.66. The Bertz CT molecular complexity index is 716. The highest BCUT2D eigenvalue weighted by Crippen LogP contribution is 2.44. The van der Waals surface area contributed by atoms with E-state index in [0.717, 1.165) is 38.3 Å². The topological polar surface area (TPSA) is 37.4 Å². The Morgan fingerprint density at radius 2 is 2.30 bits per heavy atom. The number of nitrogens with zero attached hydrogens (tertiary/aromatic N) is 2. The van der Waals surface area contributed by atoms with Gasteiger partial charge in [-0.15, -0.1) is 0 Å². The van der Waals surface area contributed by atoms with Crippen molar-refractivity contribution in [3.8, 4) is 5.75 Å². The molecule has 0 radical (unpaired) electrons. The molecule has 122 valence electrons. The molecule has 1 fully saturated rings. The monoisotopic (exact) mass is 333 g/mol. The van der Waals surface area contributed by atoms with Crippen molar-refractivity contribution in [1.29, 1.82) is 0 Å². The molecule has 3 heterocycles. The van der Waals surface area contributed by atoms with Gasteiger partial charge >= 0.3 is 0 Å². The summed E-state index contributed by atoms with van der Waals surface area (Å²) in [5.41, 5.74) is 1.37. The first-order valence-electron chi connectivity index (χ1n) is 7.98. The zero-order valence-electron chi connectivity index (χ0n) is 13.1. The van der Waals surface area contributed by atoms with Crippen molar-refractivity contribution >= 4 is 16.5 Å². The first kappa shape index (κ1) is 14.9. The lowest BCUT2D eigenvalue weighted by Gasteiger charge is -2.39. The largest absolute Gasteiger partial charge is 0.492 e. The van der Waals surface area contributed by atoms with Gasteiger partial charge in [0.1, 0.15) is 5.75 Å². The van der Waals surface area contributed by atoms with Crippen LogP contribution in [0.25, 0.3) is 0 Å². The first-order chi connectivity index (χ1) is 11.2. The third kappa shape index (κ3) is 2.60. The molecule has 1 saturated heterocycles. The van der Waals surface area contributed by atoms with E-state index in [9.17, 15) is 4.39 Å². The van der Waals surface area contributed by atoms with E-state index in [0.29, 0.717) is 16.6 Å². The fraction of sp³-hybridized carbons (Fsp3) is 0.471. The number of ether oxygens (including phenoxy) is 1. The molecular formula is C17H20FN3OS. The van der Waals surface area contributed by atoms with Gasteiger partial charge in [-0.3, -0.25) is 4.90 Å². The lowest BCUT2D eigenvalue weighted by atomic mass is 9.76. The quantitative estimate of drug-likeness (QED) is 0.936. The molecule has 1 aromatic carbocycles. The summed E-state index contributed by atoms with van der Waals surface area (Å²) in [6.45, 7) is 3.26. The maximum Gasteiger partial charge on any atom is 0.230 e. The minimum Gasteiger partial charge on any atom is -0.492 e. The van der Waals surface area contributed by atoms with E-state index in [-0.39, 0.29) is 11.4 Å². The highest BCUT2D eigenvalue weighted by molar-refractivity contribution is 7.15. The molecule has 6 heteroatoms. The van der Waals surface area contributed by atoms with Gasteiger partial charge in [0, 0.05) is 31.1 Å². The number of benzene rings is 1. The van der Waals surface area contributed by atoms with E-state index < -0.39 is 0 Å². The molecule has 4 rings (SSSR count). The smallest absolute Gasteiger partial charge is 0.230 e. The van der Waals surface area contributed by atoms with Crippen molar-refractivity contribution in [2.75, 3.05) is 32.1 Å². The maximum atomic E-state index is 14.0. The molecule has 23 heavy (non-hydrogen) atoms. The number of aromatic nitrogens is 1. The fourth-order valence-electron chi connectivity index (χ4n) is 3.76. The molecule has 1 unspecified atom stereocenters. The second-order valence-electron chi connectivity index (χ2n) is 6.36. The van der Waals surface area contributed by atoms with E-state index in [1.165, 1.54) is 16.9 Å². The van der Waals surface area contributed by atoms with Crippen LogP contribution in [0.5, 0.6) is 5.75 Å². The van der Waals surface area contributed by atoms with Crippen molar-refractivity contribution in [3.05, 3.63) is 40.7 Å². The number of thiazole rings is 1. The van der Waals surface area contributed by atoms with Gasteiger partial charge in [-0.1, -0.05) is 29.5 Å². The molecule has 0 bridgehead atoms. The van der Waals surface area contributed by atoms with Crippen molar-refractivity contribution in [1.82, 2.24) is 9.88 Å². The number of piperidine rings is 1. The van der Waals surface area contributed by atoms with Gasteiger partial charge in [0.05, 0.1) is 11.5 Å². The molecule has 2 aromatic rings. The molecule has 2 aliphatic heterocycles. The predicted octanol–water partition coefficient (Wildman–Crippen LogP) is 3.25. The minimum atomic E-state index is -0.345. The van der Waals surface area contributed by atoms with E-state index in [1.807, 2.05) is 12.1 Å². The standard InChI is InChI=1S/C17H20FN3OS/c1-19-16-20-15(18)14(23-16)9-21-8-4-7-17(10-21)11-22-13-6-3-2-5-12(13)17/h2-3,5-6H,4,7-11H2,1H3,(H,19,20). The summed E-state index contributed by atoms with van der Waals surface area (Å²) >= 11 is 1.40. The van der Waals surface area contributed by atoms with Crippen molar-refractivity contribution in [2.45, 2.75) is 24.8 Å². The van der Waals surface area contributed by atoms with Crippen LogP contribution in [0.1, 0.15) is 23.3 Å². The molecule has 4 nitrogen and oxygen atoms in total. The van der Waals surface area contributed by atoms with Crippen LogP contribution >= 0.6 is 11.3 Å². The van der Waals surface area contributed by atoms with Gasteiger partial charge in [0.25, 0.3) is 0 Å². The summed E-state index contributed by atoms with van der Waals surface area (Å²) < 4.78 is 19.9. The van der Waals surface area contributed by atoms with Crippen LogP contribution in [0.4, 0.5) is 9.52 Å². The Morgan fingerprint density at radius 1 is 1.43 bits per heavy atom. The van der Waals surface area contributed by atoms with Crippen LogP contribution in [0, 0.1) is 5.95 Å². The number of anilines is 1. The third-order valence-corrected chi connectivity index (χ3v) is 5.88. The predicted molar refractivity (Wildman–Crippen MR) is 89.7 cm³/mol. The Morgan fingerprint density at radius 3 is 3.13 bits per heavy atom. The summed E-state index contributed by atoms with van der Waals surface area (Å²) in [6.07, 6.45) is 2.24. The van der Waals surface area contributed by atoms with Gasteiger partial charge in [0.2, 0.25) is 5.95 Å². The zero-order valence-corrected chi connectivity index (χ0v) is 14.0. The Balaban J connectivity index is 1.55. The van der Waals surface area contributed by atoms with Crippen LogP contribution in [0.2, 0.25) is 0 Å². The van der Waals surface area contributed by atoms with Gasteiger partial charge in [-0.2, -0.15) is 9.37 Å². The summed E-state index contributed by atoms with van der Waals surface area (Å²) in [4.78, 5) is 6.95. The number of likely N-dealkylation sites (tertiary alicyclic amines) is 1. The number of para-hydroxylation sites is 1. The summed E-state index contributed by atoms with van der Waals surface area (Å²) in [7, 11) is 1.77. The van der Waals surface area contributed by atoms with Crippen molar-refractivity contribution in [3.63, 3.8) is 0 Å². The van der Waals surface area contributed by atoms with Crippen LogP contribution in [-0.4, -0.2) is 36.6 Å². The average Bonchev–Trinajstić information content (AvgIpc) is 3.10. The van der Waals surface area contributed by atoms with Crippen molar-refractivity contribution < 1.29 is 9.13 Å². The number of nitrogens with one attached hydrogen (secondary N) is 1. The lowest BCUT2D eigenvalue weighted by molar-refractivity contribution is 0.117. The number of hydrogen-bond acceptors (Lipinski definition) is 5. The average molecular weight is 333 g/mol. The van der Waals surface area contributed by atoms with E-state index in [1.54, 1.807) is 7.05 Å². The van der Waals surface area contributed by atoms with E-state index in [4.69, 9.17) is 4.74 Å². The van der Waals surface area contributed by atoms with Crippen molar-refractivity contribution in [2.24, 2.45) is 0 Å². The Kier molecular flexibility index (Phi) is 3.73. The number of hydrogen-bond donors (Lipinski definition) is 1.